The number of methoxy groups -OCH3 is 2. The van der Waals surface area contributed by atoms with E-state index in [2.05, 4.69) is 41.2 Å². The average molecular weight is 305 g/mol. The van der Waals surface area contributed by atoms with Gasteiger partial charge in [-0.05, 0) is 59.5 Å². The molecule has 0 bridgehead atoms. The Bertz CT molecular complexity index is 517. The zero-order valence-corrected chi connectivity index (χ0v) is 13.7. The van der Waals surface area contributed by atoms with Gasteiger partial charge in [-0.1, -0.05) is 6.92 Å². The zero-order chi connectivity index (χ0) is 15.1. The SMILES string of the molecule is CCCNC(Cc1ccsc1)c1cc(OC)cc(OC)c1. The summed E-state index contributed by atoms with van der Waals surface area (Å²) < 4.78 is 10.8. The molecule has 0 aliphatic rings. The maximum Gasteiger partial charge on any atom is 0.122 e. The van der Waals surface area contributed by atoms with Crippen molar-refractivity contribution in [3.8, 4) is 11.5 Å². The van der Waals surface area contributed by atoms with Crippen molar-refractivity contribution in [3.63, 3.8) is 0 Å². The van der Waals surface area contributed by atoms with E-state index in [1.165, 1.54) is 11.1 Å². The fourth-order valence-electron chi connectivity index (χ4n) is 2.30. The molecule has 2 rings (SSSR count). The van der Waals surface area contributed by atoms with E-state index in [9.17, 15) is 0 Å². The molecule has 0 aliphatic heterocycles. The van der Waals surface area contributed by atoms with Gasteiger partial charge in [0.2, 0.25) is 0 Å². The molecule has 1 aromatic heterocycles. The highest BCUT2D eigenvalue weighted by molar-refractivity contribution is 7.07. The Morgan fingerprint density at radius 3 is 2.38 bits per heavy atom. The molecule has 0 fully saturated rings. The molecule has 21 heavy (non-hydrogen) atoms. The highest BCUT2D eigenvalue weighted by Crippen LogP contribution is 2.28. The van der Waals surface area contributed by atoms with Crippen LogP contribution in [-0.4, -0.2) is 20.8 Å². The summed E-state index contributed by atoms with van der Waals surface area (Å²) in [6.07, 6.45) is 2.08. The van der Waals surface area contributed by atoms with Gasteiger partial charge in [0.1, 0.15) is 11.5 Å². The molecular weight excluding hydrogens is 282 g/mol. The van der Waals surface area contributed by atoms with Gasteiger partial charge in [-0.2, -0.15) is 11.3 Å². The molecule has 1 unspecified atom stereocenters. The van der Waals surface area contributed by atoms with Gasteiger partial charge in [0.25, 0.3) is 0 Å². The largest absolute Gasteiger partial charge is 0.497 e. The Morgan fingerprint density at radius 2 is 1.86 bits per heavy atom. The van der Waals surface area contributed by atoms with Crippen LogP contribution in [0, 0.1) is 0 Å². The summed E-state index contributed by atoms with van der Waals surface area (Å²) in [7, 11) is 3.37. The first-order valence-electron chi connectivity index (χ1n) is 7.24. The second-order valence-electron chi connectivity index (χ2n) is 4.99. The summed E-state index contributed by atoms with van der Waals surface area (Å²) in [4.78, 5) is 0. The van der Waals surface area contributed by atoms with Crippen LogP contribution in [0.15, 0.2) is 35.0 Å². The zero-order valence-electron chi connectivity index (χ0n) is 12.9. The van der Waals surface area contributed by atoms with E-state index in [4.69, 9.17) is 9.47 Å². The van der Waals surface area contributed by atoms with E-state index in [1.807, 2.05) is 6.07 Å². The van der Waals surface area contributed by atoms with Crippen molar-refractivity contribution in [2.45, 2.75) is 25.8 Å². The third-order valence-corrected chi connectivity index (χ3v) is 4.17. The first-order chi connectivity index (χ1) is 10.3. The summed E-state index contributed by atoms with van der Waals surface area (Å²) in [6.45, 7) is 3.18. The molecule has 114 valence electrons. The van der Waals surface area contributed by atoms with Crippen molar-refractivity contribution < 1.29 is 9.47 Å². The van der Waals surface area contributed by atoms with Crippen molar-refractivity contribution in [2.24, 2.45) is 0 Å². The first-order valence-corrected chi connectivity index (χ1v) is 8.18. The van der Waals surface area contributed by atoms with Gasteiger partial charge in [0.05, 0.1) is 14.2 Å². The number of thiophene rings is 1. The van der Waals surface area contributed by atoms with Crippen LogP contribution >= 0.6 is 11.3 Å². The van der Waals surface area contributed by atoms with Crippen LogP contribution in [-0.2, 0) is 6.42 Å². The predicted octanol–water partition coefficient (Wildman–Crippen LogP) is 4.05. The molecule has 0 saturated heterocycles. The smallest absolute Gasteiger partial charge is 0.122 e. The summed E-state index contributed by atoms with van der Waals surface area (Å²) in [5.74, 6) is 1.66. The maximum absolute atomic E-state index is 5.38. The maximum atomic E-state index is 5.38. The second kappa shape index (κ2) is 8.05. The average Bonchev–Trinajstić information content (AvgIpc) is 3.03. The molecule has 0 radical (unpaired) electrons. The standard InChI is InChI=1S/C17H23NO2S/c1-4-6-18-17(8-13-5-7-21-12-13)14-9-15(19-2)11-16(10-14)20-3/h5,7,9-12,17-18H,4,6,8H2,1-3H3. The fraction of sp³-hybridized carbons (Fsp3) is 0.412. The van der Waals surface area contributed by atoms with Crippen LogP contribution in [0.5, 0.6) is 11.5 Å². The number of rotatable bonds is 8. The van der Waals surface area contributed by atoms with Gasteiger partial charge < -0.3 is 14.8 Å². The highest BCUT2D eigenvalue weighted by Gasteiger charge is 2.14. The number of ether oxygens (including phenoxy) is 2. The lowest BCUT2D eigenvalue weighted by molar-refractivity contribution is 0.391. The van der Waals surface area contributed by atoms with Gasteiger partial charge >= 0.3 is 0 Å². The molecule has 1 N–H and O–H groups in total. The van der Waals surface area contributed by atoms with Gasteiger partial charge in [0.15, 0.2) is 0 Å². The van der Waals surface area contributed by atoms with E-state index in [1.54, 1.807) is 25.6 Å². The van der Waals surface area contributed by atoms with E-state index in [0.717, 1.165) is 30.9 Å². The molecule has 0 saturated carbocycles. The Kier molecular flexibility index (Phi) is 6.08. The molecule has 3 nitrogen and oxygen atoms in total. The van der Waals surface area contributed by atoms with Crippen molar-refractivity contribution in [1.29, 1.82) is 0 Å². The monoisotopic (exact) mass is 305 g/mol. The molecule has 2 aromatic rings. The normalized spacial score (nSPS) is 12.1. The number of hydrogen-bond donors (Lipinski definition) is 1. The van der Waals surface area contributed by atoms with Crippen LogP contribution in [0.4, 0.5) is 0 Å². The third kappa shape index (κ3) is 4.48. The minimum atomic E-state index is 0.267. The Morgan fingerprint density at radius 1 is 1.14 bits per heavy atom. The molecular formula is C17H23NO2S. The molecule has 1 atom stereocenters. The quantitative estimate of drug-likeness (QED) is 0.798. The lowest BCUT2D eigenvalue weighted by Gasteiger charge is -2.20. The van der Waals surface area contributed by atoms with E-state index >= 15 is 0 Å². The van der Waals surface area contributed by atoms with Crippen LogP contribution in [0.2, 0.25) is 0 Å². The van der Waals surface area contributed by atoms with Gasteiger partial charge in [0, 0.05) is 12.1 Å². The Balaban J connectivity index is 2.25. The lowest BCUT2D eigenvalue weighted by Crippen LogP contribution is -2.24. The predicted molar refractivity (Wildman–Crippen MR) is 88.6 cm³/mol. The van der Waals surface area contributed by atoms with Crippen LogP contribution < -0.4 is 14.8 Å². The fourth-order valence-corrected chi connectivity index (χ4v) is 2.98. The molecule has 1 aromatic carbocycles. The van der Waals surface area contributed by atoms with Crippen LogP contribution in [0.25, 0.3) is 0 Å². The minimum absolute atomic E-state index is 0.267. The Labute approximate surface area is 130 Å². The van der Waals surface area contributed by atoms with Gasteiger partial charge in [-0.3, -0.25) is 0 Å². The highest BCUT2D eigenvalue weighted by atomic mass is 32.1. The van der Waals surface area contributed by atoms with Crippen molar-refractivity contribution >= 4 is 11.3 Å². The topological polar surface area (TPSA) is 30.5 Å². The Hall–Kier alpha value is -1.52. The van der Waals surface area contributed by atoms with Gasteiger partial charge in [-0.25, -0.2) is 0 Å². The van der Waals surface area contributed by atoms with E-state index in [-0.39, 0.29) is 6.04 Å². The van der Waals surface area contributed by atoms with Crippen LogP contribution in [0.3, 0.4) is 0 Å². The second-order valence-corrected chi connectivity index (χ2v) is 5.77. The third-order valence-electron chi connectivity index (χ3n) is 3.44. The van der Waals surface area contributed by atoms with Crippen molar-refractivity contribution in [1.82, 2.24) is 5.32 Å². The van der Waals surface area contributed by atoms with Gasteiger partial charge in [-0.15, -0.1) is 0 Å². The van der Waals surface area contributed by atoms with Crippen molar-refractivity contribution in [2.75, 3.05) is 20.8 Å². The molecule has 0 spiro atoms. The van der Waals surface area contributed by atoms with E-state index < -0.39 is 0 Å². The summed E-state index contributed by atoms with van der Waals surface area (Å²) in [5, 5.41) is 7.95. The minimum Gasteiger partial charge on any atom is -0.497 e. The summed E-state index contributed by atoms with van der Waals surface area (Å²) in [5.41, 5.74) is 2.56. The summed E-state index contributed by atoms with van der Waals surface area (Å²) >= 11 is 1.74. The molecule has 0 amide bonds. The number of benzene rings is 1. The number of hydrogen-bond acceptors (Lipinski definition) is 4. The van der Waals surface area contributed by atoms with Crippen LogP contribution in [0.1, 0.15) is 30.5 Å². The lowest BCUT2D eigenvalue weighted by atomic mass is 9.99. The van der Waals surface area contributed by atoms with Crippen molar-refractivity contribution in [3.05, 3.63) is 46.2 Å². The molecule has 4 heteroatoms. The van der Waals surface area contributed by atoms with E-state index in [0.29, 0.717) is 0 Å². The molecule has 0 aliphatic carbocycles. The summed E-state index contributed by atoms with van der Waals surface area (Å²) in [6, 6.07) is 8.53. The molecule has 1 heterocycles. The number of nitrogens with one attached hydrogen (secondary N) is 1. The first kappa shape index (κ1) is 15.9.